The summed E-state index contributed by atoms with van der Waals surface area (Å²) in [5.74, 6) is 0.118. The summed E-state index contributed by atoms with van der Waals surface area (Å²) in [5, 5.41) is 15.1. The molecule has 0 saturated carbocycles. The normalized spacial score (nSPS) is 18.3. The van der Waals surface area contributed by atoms with E-state index in [-0.39, 0.29) is 30.6 Å². The molecule has 1 heterocycles. The van der Waals surface area contributed by atoms with E-state index in [2.05, 4.69) is 26.6 Å². The zero-order chi connectivity index (χ0) is 17.5. The van der Waals surface area contributed by atoms with Crippen LogP contribution in [0.1, 0.15) is 37.8 Å². The number of aliphatic hydroxyl groups is 1. The quantitative estimate of drug-likeness (QED) is 0.687. The minimum Gasteiger partial charge on any atom is -0.396 e. The molecule has 24 heavy (non-hydrogen) atoms. The van der Waals surface area contributed by atoms with Gasteiger partial charge in [0.2, 0.25) is 5.91 Å². The third-order valence-electron chi connectivity index (χ3n) is 4.17. The van der Waals surface area contributed by atoms with E-state index in [1.165, 1.54) is 0 Å². The van der Waals surface area contributed by atoms with Crippen LogP contribution in [0.25, 0.3) is 0 Å². The van der Waals surface area contributed by atoms with Gasteiger partial charge in [-0.05, 0) is 30.5 Å². The van der Waals surface area contributed by atoms with Crippen molar-refractivity contribution in [3.05, 3.63) is 34.3 Å². The highest BCUT2D eigenvalue weighted by Gasteiger charge is 2.27. The van der Waals surface area contributed by atoms with Crippen molar-refractivity contribution in [2.45, 2.75) is 38.3 Å². The van der Waals surface area contributed by atoms with Gasteiger partial charge in [0.05, 0.1) is 6.04 Å². The first-order chi connectivity index (χ1) is 11.5. The van der Waals surface area contributed by atoms with Gasteiger partial charge in [-0.3, -0.25) is 4.79 Å². The zero-order valence-corrected chi connectivity index (χ0v) is 15.4. The first-order valence-electron chi connectivity index (χ1n) is 8.24. The molecule has 1 aromatic carbocycles. The van der Waals surface area contributed by atoms with E-state index in [1.807, 2.05) is 31.2 Å². The number of rotatable bonds is 6. The number of halogens is 1. The van der Waals surface area contributed by atoms with E-state index >= 15 is 0 Å². The van der Waals surface area contributed by atoms with Crippen LogP contribution in [0.2, 0.25) is 0 Å². The van der Waals surface area contributed by atoms with Crippen molar-refractivity contribution in [1.82, 2.24) is 15.5 Å². The molecule has 2 unspecified atom stereocenters. The van der Waals surface area contributed by atoms with Gasteiger partial charge in [-0.1, -0.05) is 35.0 Å². The monoisotopic (exact) mass is 397 g/mol. The number of carbonyl (C=O) groups excluding carboxylic acids is 2. The Bertz CT molecular complexity index is 565. The van der Waals surface area contributed by atoms with Crippen molar-refractivity contribution < 1.29 is 14.7 Å². The fourth-order valence-electron chi connectivity index (χ4n) is 2.86. The van der Waals surface area contributed by atoms with E-state index < -0.39 is 0 Å². The number of likely N-dealkylation sites (tertiary alicyclic amines) is 1. The third-order valence-corrected chi connectivity index (χ3v) is 4.70. The molecule has 0 spiro atoms. The van der Waals surface area contributed by atoms with Gasteiger partial charge < -0.3 is 20.6 Å². The number of benzene rings is 1. The van der Waals surface area contributed by atoms with Crippen LogP contribution >= 0.6 is 15.9 Å². The van der Waals surface area contributed by atoms with Gasteiger partial charge in [0.25, 0.3) is 0 Å². The lowest BCUT2D eigenvalue weighted by molar-refractivity contribution is -0.129. The van der Waals surface area contributed by atoms with Crippen LogP contribution in [0.15, 0.2) is 28.7 Å². The predicted molar refractivity (Wildman–Crippen MR) is 95.5 cm³/mol. The summed E-state index contributed by atoms with van der Waals surface area (Å²) in [6.45, 7) is 3.07. The molecule has 2 atom stereocenters. The first kappa shape index (κ1) is 18.7. The molecule has 1 aliphatic heterocycles. The molecule has 0 aromatic heterocycles. The molecule has 0 radical (unpaired) electrons. The molecule has 3 N–H and O–H groups in total. The van der Waals surface area contributed by atoms with E-state index in [4.69, 9.17) is 0 Å². The second-order valence-corrected chi connectivity index (χ2v) is 6.83. The highest BCUT2D eigenvalue weighted by molar-refractivity contribution is 9.10. The third kappa shape index (κ3) is 5.21. The Hall–Kier alpha value is -1.60. The van der Waals surface area contributed by atoms with E-state index in [0.717, 1.165) is 16.5 Å². The summed E-state index contributed by atoms with van der Waals surface area (Å²) >= 11 is 3.38. The van der Waals surface area contributed by atoms with Crippen molar-refractivity contribution in [2.24, 2.45) is 0 Å². The maximum absolute atomic E-state index is 12.3. The lowest BCUT2D eigenvalue weighted by Gasteiger charge is -2.21. The Kier molecular flexibility index (Phi) is 7.05. The van der Waals surface area contributed by atoms with Crippen molar-refractivity contribution in [3.8, 4) is 0 Å². The lowest BCUT2D eigenvalue weighted by atomic mass is 10.0. The van der Waals surface area contributed by atoms with Crippen molar-refractivity contribution in [3.63, 3.8) is 0 Å². The second kappa shape index (κ2) is 9.03. The molecule has 1 aliphatic rings. The molecule has 1 saturated heterocycles. The van der Waals surface area contributed by atoms with Crippen LogP contribution in [0.3, 0.4) is 0 Å². The molecular formula is C17H24BrN3O3. The molecule has 7 heteroatoms. The van der Waals surface area contributed by atoms with Gasteiger partial charge >= 0.3 is 6.03 Å². The van der Waals surface area contributed by atoms with E-state index in [1.54, 1.807) is 4.90 Å². The predicted octanol–water partition coefficient (Wildman–Crippen LogP) is 2.18. The van der Waals surface area contributed by atoms with Crippen LogP contribution in [-0.4, -0.2) is 47.7 Å². The van der Waals surface area contributed by atoms with Gasteiger partial charge in [0.15, 0.2) is 0 Å². The lowest BCUT2D eigenvalue weighted by Crippen LogP contribution is -2.45. The number of nitrogens with zero attached hydrogens (tertiary/aromatic N) is 1. The Morgan fingerprint density at radius 3 is 2.71 bits per heavy atom. The van der Waals surface area contributed by atoms with Crippen LogP contribution in [-0.2, 0) is 4.79 Å². The highest BCUT2D eigenvalue weighted by atomic mass is 79.9. The minimum absolute atomic E-state index is 0.0107. The minimum atomic E-state index is -0.271. The van der Waals surface area contributed by atoms with Crippen molar-refractivity contribution >= 4 is 27.9 Å². The summed E-state index contributed by atoms with van der Waals surface area (Å²) in [6, 6.07) is 7.10. The maximum atomic E-state index is 12.3. The van der Waals surface area contributed by atoms with Crippen molar-refractivity contribution in [1.29, 1.82) is 0 Å². The van der Waals surface area contributed by atoms with Crippen LogP contribution < -0.4 is 10.6 Å². The van der Waals surface area contributed by atoms with Crippen LogP contribution in [0.4, 0.5) is 4.79 Å². The average Bonchev–Trinajstić information content (AvgIpc) is 3.03. The molecule has 6 nitrogen and oxygen atoms in total. The molecule has 0 aliphatic carbocycles. The molecule has 1 fully saturated rings. The Morgan fingerprint density at radius 2 is 2.08 bits per heavy atom. The number of hydrogen-bond acceptors (Lipinski definition) is 3. The smallest absolute Gasteiger partial charge is 0.315 e. The Morgan fingerprint density at radius 1 is 1.38 bits per heavy atom. The summed E-state index contributed by atoms with van der Waals surface area (Å²) in [5.41, 5.74) is 0.941. The Labute approximate surface area is 150 Å². The van der Waals surface area contributed by atoms with Crippen molar-refractivity contribution in [2.75, 3.05) is 19.7 Å². The molecular weight excluding hydrogens is 374 g/mol. The number of aliphatic hydroxyl groups excluding tert-OH is 1. The number of carbonyl (C=O) groups is 2. The van der Waals surface area contributed by atoms with E-state index in [9.17, 15) is 14.7 Å². The van der Waals surface area contributed by atoms with Crippen LogP contribution in [0.5, 0.6) is 0 Å². The average molecular weight is 398 g/mol. The summed E-state index contributed by atoms with van der Waals surface area (Å²) in [6.07, 6.45) is 1.70. The SMILES string of the molecule is CCC(=O)N1CCC(NC(=O)NC(CCO)c2ccc(Br)cc2)C1. The zero-order valence-electron chi connectivity index (χ0n) is 13.8. The largest absolute Gasteiger partial charge is 0.396 e. The molecule has 0 bridgehead atoms. The second-order valence-electron chi connectivity index (χ2n) is 5.91. The van der Waals surface area contributed by atoms with Crippen LogP contribution in [0, 0.1) is 0 Å². The Balaban J connectivity index is 1.89. The molecule has 3 amide bonds. The summed E-state index contributed by atoms with van der Waals surface area (Å²) < 4.78 is 0.963. The van der Waals surface area contributed by atoms with Gasteiger partial charge in [-0.25, -0.2) is 4.79 Å². The fourth-order valence-corrected chi connectivity index (χ4v) is 3.12. The number of amides is 3. The fraction of sp³-hybridized carbons (Fsp3) is 0.529. The molecule has 1 aromatic rings. The molecule has 2 rings (SSSR count). The van der Waals surface area contributed by atoms with Gasteiger partial charge in [-0.15, -0.1) is 0 Å². The number of urea groups is 1. The maximum Gasteiger partial charge on any atom is 0.315 e. The van der Waals surface area contributed by atoms with Gasteiger partial charge in [0, 0.05) is 36.6 Å². The highest BCUT2D eigenvalue weighted by Crippen LogP contribution is 2.19. The number of hydrogen-bond donors (Lipinski definition) is 3. The van der Waals surface area contributed by atoms with Gasteiger partial charge in [-0.2, -0.15) is 0 Å². The van der Waals surface area contributed by atoms with E-state index in [0.29, 0.717) is 25.9 Å². The van der Waals surface area contributed by atoms with Gasteiger partial charge in [0.1, 0.15) is 0 Å². The molecule has 132 valence electrons. The first-order valence-corrected chi connectivity index (χ1v) is 9.04. The topological polar surface area (TPSA) is 81.7 Å². The summed E-state index contributed by atoms with van der Waals surface area (Å²) in [4.78, 5) is 25.7. The standard InChI is InChI=1S/C17H24BrN3O3/c1-2-16(23)21-9-7-14(11-21)19-17(24)20-15(8-10-22)12-3-5-13(18)6-4-12/h3-6,14-15,22H,2,7-11H2,1H3,(H2,19,20,24). The number of nitrogens with one attached hydrogen (secondary N) is 2. The summed E-state index contributed by atoms with van der Waals surface area (Å²) in [7, 11) is 0.